The number of fused-ring (bicyclic) bond motifs is 2. The van der Waals surface area contributed by atoms with Crippen molar-refractivity contribution in [1.82, 2.24) is 4.90 Å². The first kappa shape index (κ1) is 12.6. The molecule has 0 radical (unpaired) electrons. The highest BCUT2D eigenvalue weighted by Crippen LogP contribution is 2.36. The Kier molecular flexibility index (Phi) is 3.71. The molecule has 2 bridgehead atoms. The summed E-state index contributed by atoms with van der Waals surface area (Å²) in [5.41, 5.74) is 0. The van der Waals surface area contributed by atoms with E-state index in [2.05, 4.69) is 4.90 Å². The topological polar surface area (TPSA) is 40.5 Å². The van der Waals surface area contributed by atoms with Crippen LogP contribution in [0.2, 0.25) is 0 Å². The van der Waals surface area contributed by atoms with Crippen molar-refractivity contribution in [3.63, 3.8) is 0 Å². The van der Waals surface area contributed by atoms with Crippen LogP contribution in [0.1, 0.15) is 57.8 Å². The Balaban J connectivity index is 1.58. The molecular formula is C15H25NO2. The molecule has 1 aliphatic carbocycles. The van der Waals surface area contributed by atoms with Crippen molar-refractivity contribution in [2.24, 2.45) is 5.92 Å². The van der Waals surface area contributed by atoms with E-state index in [9.17, 15) is 9.90 Å². The molecular weight excluding hydrogens is 226 g/mol. The lowest BCUT2D eigenvalue weighted by Crippen LogP contribution is -2.47. The third-order valence-electron chi connectivity index (χ3n) is 5.26. The quantitative estimate of drug-likeness (QED) is 0.835. The molecule has 1 saturated carbocycles. The molecule has 3 heteroatoms. The van der Waals surface area contributed by atoms with Crippen LogP contribution in [-0.2, 0) is 4.79 Å². The van der Waals surface area contributed by atoms with Crippen LogP contribution >= 0.6 is 0 Å². The van der Waals surface area contributed by atoms with E-state index in [0.29, 0.717) is 30.3 Å². The van der Waals surface area contributed by atoms with Gasteiger partial charge in [-0.3, -0.25) is 9.69 Å². The highest BCUT2D eigenvalue weighted by atomic mass is 16.3. The van der Waals surface area contributed by atoms with Gasteiger partial charge in [0.25, 0.3) is 0 Å². The predicted molar refractivity (Wildman–Crippen MR) is 70.3 cm³/mol. The second kappa shape index (κ2) is 5.30. The second-order valence-electron chi connectivity index (χ2n) is 6.48. The molecule has 2 atom stereocenters. The Morgan fingerprint density at radius 3 is 2.22 bits per heavy atom. The predicted octanol–water partition coefficient (Wildman–Crippen LogP) is 2.12. The first-order valence-electron chi connectivity index (χ1n) is 7.70. The molecule has 0 amide bonds. The zero-order chi connectivity index (χ0) is 12.5. The van der Waals surface area contributed by atoms with Crippen molar-refractivity contribution in [2.75, 3.05) is 6.54 Å². The van der Waals surface area contributed by atoms with Crippen LogP contribution in [0.5, 0.6) is 0 Å². The Labute approximate surface area is 110 Å². The van der Waals surface area contributed by atoms with Crippen LogP contribution < -0.4 is 0 Å². The van der Waals surface area contributed by atoms with Crippen molar-refractivity contribution in [3.8, 4) is 0 Å². The molecule has 0 aromatic rings. The minimum Gasteiger partial charge on any atom is -0.393 e. The molecule has 2 unspecified atom stereocenters. The molecule has 0 aromatic heterocycles. The fraction of sp³-hybridized carbons (Fsp3) is 0.933. The summed E-state index contributed by atoms with van der Waals surface area (Å²) in [5, 5.41) is 9.78. The van der Waals surface area contributed by atoms with E-state index >= 15 is 0 Å². The zero-order valence-electron chi connectivity index (χ0n) is 11.2. The normalized spacial score (nSPS) is 37.9. The first-order chi connectivity index (χ1) is 8.74. The van der Waals surface area contributed by atoms with Gasteiger partial charge in [0.1, 0.15) is 5.78 Å². The number of hydrogen-bond donors (Lipinski definition) is 1. The van der Waals surface area contributed by atoms with Crippen LogP contribution in [0.15, 0.2) is 0 Å². The maximum Gasteiger partial charge on any atom is 0.149 e. The van der Waals surface area contributed by atoms with Crippen molar-refractivity contribution >= 4 is 5.78 Å². The van der Waals surface area contributed by atoms with Gasteiger partial charge in [-0.1, -0.05) is 19.3 Å². The monoisotopic (exact) mass is 251 g/mol. The van der Waals surface area contributed by atoms with Crippen molar-refractivity contribution in [2.45, 2.75) is 76.0 Å². The van der Waals surface area contributed by atoms with E-state index in [1.165, 1.54) is 32.1 Å². The average molecular weight is 251 g/mol. The molecule has 102 valence electrons. The van der Waals surface area contributed by atoms with E-state index in [1.807, 2.05) is 0 Å². The standard InChI is InChI=1S/C15H25NO2/c17-14-8-12-6-7-13(9-14)16(12)10-15(18)11-4-2-1-3-5-11/h11-14,17H,1-10H2. The maximum absolute atomic E-state index is 12.4. The summed E-state index contributed by atoms with van der Waals surface area (Å²) in [6.45, 7) is 0.659. The molecule has 2 aliphatic heterocycles. The lowest BCUT2D eigenvalue weighted by Gasteiger charge is -2.37. The van der Waals surface area contributed by atoms with Gasteiger partial charge in [0, 0.05) is 18.0 Å². The van der Waals surface area contributed by atoms with E-state index in [4.69, 9.17) is 0 Å². The number of Topliss-reactive ketones (excluding diaryl/α,β-unsaturated/α-hetero) is 1. The summed E-state index contributed by atoms with van der Waals surface area (Å²) in [7, 11) is 0. The second-order valence-corrected chi connectivity index (χ2v) is 6.48. The summed E-state index contributed by atoms with van der Waals surface area (Å²) in [6, 6.07) is 0.956. The Morgan fingerprint density at radius 2 is 1.61 bits per heavy atom. The third kappa shape index (κ3) is 2.48. The Hall–Kier alpha value is -0.410. The summed E-state index contributed by atoms with van der Waals surface area (Å²) in [6.07, 6.45) is 10.0. The van der Waals surface area contributed by atoms with Crippen molar-refractivity contribution < 1.29 is 9.90 Å². The molecule has 3 nitrogen and oxygen atoms in total. The van der Waals surface area contributed by atoms with E-state index in [1.54, 1.807) is 0 Å². The summed E-state index contributed by atoms with van der Waals surface area (Å²) >= 11 is 0. The van der Waals surface area contributed by atoms with E-state index in [-0.39, 0.29) is 6.10 Å². The van der Waals surface area contributed by atoms with Gasteiger partial charge in [0.2, 0.25) is 0 Å². The summed E-state index contributed by atoms with van der Waals surface area (Å²) in [5.74, 6) is 0.813. The van der Waals surface area contributed by atoms with Crippen LogP contribution in [-0.4, -0.2) is 40.5 Å². The molecule has 0 spiro atoms. The minimum atomic E-state index is -0.122. The molecule has 0 aromatic carbocycles. The molecule has 2 saturated heterocycles. The third-order valence-corrected chi connectivity index (χ3v) is 5.26. The van der Waals surface area contributed by atoms with Gasteiger partial charge in [0.15, 0.2) is 0 Å². The Bertz CT molecular complexity index is 298. The molecule has 18 heavy (non-hydrogen) atoms. The number of carbonyl (C=O) groups excluding carboxylic acids is 1. The number of carbonyl (C=O) groups is 1. The number of ketones is 1. The smallest absolute Gasteiger partial charge is 0.149 e. The lowest BCUT2D eigenvalue weighted by molar-refractivity contribution is -0.126. The largest absolute Gasteiger partial charge is 0.393 e. The molecule has 2 heterocycles. The van der Waals surface area contributed by atoms with Crippen LogP contribution in [0.25, 0.3) is 0 Å². The number of aliphatic hydroxyl groups excluding tert-OH is 1. The molecule has 1 N–H and O–H groups in total. The summed E-state index contributed by atoms with van der Waals surface area (Å²) < 4.78 is 0. The fourth-order valence-electron chi connectivity index (χ4n) is 4.24. The number of rotatable bonds is 3. The van der Waals surface area contributed by atoms with Gasteiger partial charge >= 0.3 is 0 Å². The number of aliphatic hydroxyl groups is 1. The summed E-state index contributed by atoms with van der Waals surface area (Å²) in [4.78, 5) is 14.8. The highest BCUT2D eigenvalue weighted by Gasteiger charge is 2.41. The SMILES string of the molecule is O=C(CN1C2CCC1CC(O)C2)C1CCCCC1. The minimum absolute atomic E-state index is 0.122. The maximum atomic E-state index is 12.4. The number of piperidine rings is 1. The number of hydrogen-bond acceptors (Lipinski definition) is 3. The first-order valence-corrected chi connectivity index (χ1v) is 7.70. The van der Waals surface area contributed by atoms with Crippen LogP contribution in [0, 0.1) is 5.92 Å². The average Bonchev–Trinajstić information content (AvgIpc) is 2.62. The van der Waals surface area contributed by atoms with Gasteiger partial charge in [-0.2, -0.15) is 0 Å². The van der Waals surface area contributed by atoms with Gasteiger partial charge in [-0.05, 0) is 38.5 Å². The zero-order valence-corrected chi connectivity index (χ0v) is 11.2. The highest BCUT2D eigenvalue weighted by molar-refractivity contribution is 5.83. The van der Waals surface area contributed by atoms with Gasteiger partial charge < -0.3 is 5.11 Å². The van der Waals surface area contributed by atoms with E-state index < -0.39 is 0 Å². The van der Waals surface area contributed by atoms with Gasteiger partial charge in [0.05, 0.1) is 12.6 Å². The van der Waals surface area contributed by atoms with Crippen molar-refractivity contribution in [3.05, 3.63) is 0 Å². The number of nitrogens with zero attached hydrogens (tertiary/aromatic N) is 1. The molecule has 3 aliphatic rings. The molecule has 3 fully saturated rings. The Morgan fingerprint density at radius 1 is 1.00 bits per heavy atom. The van der Waals surface area contributed by atoms with Crippen LogP contribution in [0.4, 0.5) is 0 Å². The van der Waals surface area contributed by atoms with E-state index in [0.717, 1.165) is 25.7 Å². The fourth-order valence-corrected chi connectivity index (χ4v) is 4.24. The van der Waals surface area contributed by atoms with Gasteiger partial charge in [-0.25, -0.2) is 0 Å². The molecule has 3 rings (SSSR count). The van der Waals surface area contributed by atoms with Crippen molar-refractivity contribution in [1.29, 1.82) is 0 Å². The van der Waals surface area contributed by atoms with Crippen LogP contribution in [0.3, 0.4) is 0 Å². The van der Waals surface area contributed by atoms with Gasteiger partial charge in [-0.15, -0.1) is 0 Å². The lowest BCUT2D eigenvalue weighted by atomic mass is 9.85.